The molecule has 2 nitrogen and oxygen atoms in total. The Morgan fingerprint density at radius 1 is 1.16 bits per heavy atom. The fourth-order valence-corrected chi connectivity index (χ4v) is 3.05. The van der Waals surface area contributed by atoms with Gasteiger partial charge in [-0.1, -0.05) is 37.1 Å². The van der Waals surface area contributed by atoms with Crippen LogP contribution in [0.1, 0.15) is 48.9 Å². The highest BCUT2D eigenvalue weighted by atomic mass is 15.1. The van der Waals surface area contributed by atoms with Gasteiger partial charge in [-0.3, -0.25) is 0 Å². The number of piperidine rings is 1. The van der Waals surface area contributed by atoms with E-state index in [9.17, 15) is 0 Å². The molecule has 1 heterocycles. The molecule has 2 heteroatoms. The van der Waals surface area contributed by atoms with Crippen LogP contribution in [0.4, 0.5) is 0 Å². The molecule has 1 atom stereocenters. The maximum absolute atomic E-state index is 3.67. The van der Waals surface area contributed by atoms with Crippen molar-refractivity contribution >= 4 is 0 Å². The van der Waals surface area contributed by atoms with Crippen molar-refractivity contribution in [3.63, 3.8) is 0 Å². The Morgan fingerprint density at radius 3 is 2.58 bits per heavy atom. The second kappa shape index (κ2) is 7.06. The molecule has 0 spiro atoms. The first kappa shape index (κ1) is 14.5. The van der Waals surface area contributed by atoms with Crippen LogP contribution in [-0.2, 0) is 0 Å². The molecule has 1 aliphatic heterocycles. The third-order valence-electron chi connectivity index (χ3n) is 4.15. The Labute approximate surface area is 118 Å². The van der Waals surface area contributed by atoms with Gasteiger partial charge in [0.05, 0.1) is 0 Å². The summed E-state index contributed by atoms with van der Waals surface area (Å²) in [6, 6.07) is 7.29. The fraction of sp³-hybridized carbons (Fsp3) is 0.647. The summed E-state index contributed by atoms with van der Waals surface area (Å²) in [5, 5.41) is 3.67. The van der Waals surface area contributed by atoms with Gasteiger partial charge in [0.2, 0.25) is 0 Å². The molecule has 1 aromatic carbocycles. The number of rotatable bonds is 5. The van der Waals surface area contributed by atoms with Crippen LogP contribution < -0.4 is 5.32 Å². The number of nitrogens with one attached hydrogen (secondary N) is 1. The maximum Gasteiger partial charge on any atom is 0.0451 e. The molecule has 0 amide bonds. The lowest BCUT2D eigenvalue weighted by atomic mass is 9.97. The minimum atomic E-state index is 0.475. The molecular formula is C17H28N2. The highest BCUT2D eigenvalue weighted by Gasteiger charge is 2.18. The first-order valence-electron chi connectivity index (χ1n) is 7.73. The number of hydrogen-bond acceptors (Lipinski definition) is 2. The van der Waals surface area contributed by atoms with E-state index < -0.39 is 0 Å². The van der Waals surface area contributed by atoms with E-state index >= 15 is 0 Å². The molecule has 1 fully saturated rings. The van der Waals surface area contributed by atoms with E-state index in [0.29, 0.717) is 6.04 Å². The smallest absolute Gasteiger partial charge is 0.0451 e. The first-order chi connectivity index (χ1) is 9.20. The van der Waals surface area contributed by atoms with Gasteiger partial charge in [0.15, 0.2) is 0 Å². The summed E-state index contributed by atoms with van der Waals surface area (Å²) in [7, 11) is 0. The van der Waals surface area contributed by atoms with Crippen molar-refractivity contribution in [2.75, 3.05) is 26.2 Å². The molecule has 106 valence electrons. The molecule has 1 N–H and O–H groups in total. The molecule has 1 aliphatic rings. The summed E-state index contributed by atoms with van der Waals surface area (Å²) in [6.07, 6.45) is 4.14. The van der Waals surface area contributed by atoms with Gasteiger partial charge >= 0.3 is 0 Å². The zero-order valence-corrected chi connectivity index (χ0v) is 12.7. The van der Waals surface area contributed by atoms with Crippen molar-refractivity contribution < 1.29 is 0 Å². The van der Waals surface area contributed by atoms with Crippen molar-refractivity contribution in [2.45, 2.75) is 46.1 Å². The molecule has 19 heavy (non-hydrogen) atoms. The van der Waals surface area contributed by atoms with E-state index in [0.717, 1.165) is 13.1 Å². The third kappa shape index (κ3) is 4.05. The van der Waals surface area contributed by atoms with E-state index in [1.165, 1.54) is 49.0 Å². The number of aryl methyl sites for hydroxylation is 2. The second-order valence-electron chi connectivity index (χ2n) is 5.83. The van der Waals surface area contributed by atoms with Crippen LogP contribution >= 0.6 is 0 Å². The highest BCUT2D eigenvalue weighted by Crippen LogP contribution is 2.22. The van der Waals surface area contributed by atoms with Gasteiger partial charge in [-0.05, 0) is 57.5 Å². The molecule has 0 saturated carbocycles. The number of likely N-dealkylation sites (N-methyl/N-ethyl adjacent to an activating group) is 1. The zero-order valence-electron chi connectivity index (χ0n) is 12.7. The molecule has 0 radical (unpaired) electrons. The minimum absolute atomic E-state index is 0.475. The Morgan fingerprint density at radius 2 is 1.89 bits per heavy atom. The van der Waals surface area contributed by atoms with Crippen LogP contribution in [-0.4, -0.2) is 31.1 Å². The topological polar surface area (TPSA) is 15.3 Å². The van der Waals surface area contributed by atoms with Crippen LogP contribution in [0.2, 0.25) is 0 Å². The predicted octanol–water partition coefficient (Wildman–Crippen LogP) is 3.44. The van der Waals surface area contributed by atoms with Crippen molar-refractivity contribution in [3.8, 4) is 0 Å². The summed E-state index contributed by atoms with van der Waals surface area (Å²) >= 11 is 0. The van der Waals surface area contributed by atoms with E-state index in [1.807, 2.05) is 0 Å². The Kier molecular flexibility index (Phi) is 5.41. The van der Waals surface area contributed by atoms with Gasteiger partial charge in [0.1, 0.15) is 0 Å². The molecular weight excluding hydrogens is 232 g/mol. The normalized spacial score (nSPS) is 18.5. The summed E-state index contributed by atoms with van der Waals surface area (Å²) < 4.78 is 0. The number of nitrogens with zero attached hydrogens (tertiary/aromatic N) is 1. The quantitative estimate of drug-likeness (QED) is 0.872. The van der Waals surface area contributed by atoms with Crippen LogP contribution in [0.5, 0.6) is 0 Å². The van der Waals surface area contributed by atoms with Gasteiger partial charge in [-0.15, -0.1) is 0 Å². The monoisotopic (exact) mass is 260 g/mol. The van der Waals surface area contributed by atoms with Gasteiger partial charge in [-0.2, -0.15) is 0 Å². The third-order valence-corrected chi connectivity index (χ3v) is 4.15. The summed E-state index contributed by atoms with van der Waals surface area (Å²) in [6.45, 7) is 11.3. The molecule has 1 unspecified atom stereocenters. The van der Waals surface area contributed by atoms with Gasteiger partial charge in [-0.25, -0.2) is 0 Å². The first-order valence-corrected chi connectivity index (χ1v) is 7.73. The number of likely N-dealkylation sites (tertiary alicyclic amines) is 1. The Hall–Kier alpha value is -0.860. The van der Waals surface area contributed by atoms with Gasteiger partial charge < -0.3 is 10.2 Å². The predicted molar refractivity (Wildman–Crippen MR) is 82.6 cm³/mol. The zero-order chi connectivity index (χ0) is 13.7. The van der Waals surface area contributed by atoms with E-state index in [4.69, 9.17) is 0 Å². The van der Waals surface area contributed by atoms with E-state index in [1.54, 1.807) is 0 Å². The Bertz CT molecular complexity index is 394. The van der Waals surface area contributed by atoms with Gasteiger partial charge in [0, 0.05) is 12.6 Å². The van der Waals surface area contributed by atoms with Gasteiger partial charge in [0.25, 0.3) is 0 Å². The molecule has 2 rings (SSSR count). The molecule has 0 aliphatic carbocycles. The van der Waals surface area contributed by atoms with Crippen molar-refractivity contribution in [1.29, 1.82) is 0 Å². The molecule has 1 aromatic rings. The van der Waals surface area contributed by atoms with Crippen LogP contribution in [0.3, 0.4) is 0 Å². The highest BCUT2D eigenvalue weighted by molar-refractivity contribution is 5.33. The molecule has 0 bridgehead atoms. The number of hydrogen-bond donors (Lipinski definition) is 1. The Balaban J connectivity index is 2.11. The van der Waals surface area contributed by atoms with Crippen molar-refractivity contribution in [2.24, 2.45) is 0 Å². The summed E-state index contributed by atoms with van der Waals surface area (Å²) in [5.74, 6) is 0. The lowest BCUT2D eigenvalue weighted by Gasteiger charge is -2.31. The lowest BCUT2D eigenvalue weighted by molar-refractivity contribution is 0.206. The summed E-state index contributed by atoms with van der Waals surface area (Å²) in [4.78, 5) is 2.62. The van der Waals surface area contributed by atoms with Crippen LogP contribution in [0, 0.1) is 13.8 Å². The largest absolute Gasteiger partial charge is 0.309 e. The second-order valence-corrected chi connectivity index (χ2v) is 5.83. The molecule has 0 aromatic heterocycles. The number of benzene rings is 1. The van der Waals surface area contributed by atoms with Crippen LogP contribution in [0.15, 0.2) is 18.2 Å². The minimum Gasteiger partial charge on any atom is -0.309 e. The van der Waals surface area contributed by atoms with E-state index in [2.05, 4.69) is 49.2 Å². The molecule has 1 saturated heterocycles. The fourth-order valence-electron chi connectivity index (χ4n) is 3.05. The average molecular weight is 260 g/mol. The standard InChI is InChI=1S/C17H28N2/c1-4-18-17(13-19-10-6-5-7-11-19)16-12-14(2)8-9-15(16)3/h8-9,12,17-18H,4-7,10-11,13H2,1-3H3. The lowest BCUT2D eigenvalue weighted by Crippen LogP contribution is -2.38. The average Bonchev–Trinajstić information content (AvgIpc) is 2.42. The van der Waals surface area contributed by atoms with Crippen LogP contribution in [0.25, 0.3) is 0 Å². The maximum atomic E-state index is 3.67. The summed E-state index contributed by atoms with van der Waals surface area (Å²) in [5.41, 5.74) is 4.25. The van der Waals surface area contributed by atoms with E-state index in [-0.39, 0.29) is 0 Å². The SMILES string of the molecule is CCNC(CN1CCCCC1)c1cc(C)ccc1C. The van der Waals surface area contributed by atoms with Crippen molar-refractivity contribution in [3.05, 3.63) is 34.9 Å². The van der Waals surface area contributed by atoms with Crippen molar-refractivity contribution in [1.82, 2.24) is 10.2 Å².